The van der Waals surface area contributed by atoms with E-state index in [1.807, 2.05) is 13.8 Å². The third-order valence-electron chi connectivity index (χ3n) is 3.18. The minimum atomic E-state index is -0.783. The van der Waals surface area contributed by atoms with Crippen molar-refractivity contribution in [3.05, 3.63) is 57.3 Å². The lowest BCUT2D eigenvalue weighted by atomic mass is 9.98. The molecule has 1 atom stereocenters. The Morgan fingerprint density at radius 1 is 1.26 bits per heavy atom. The van der Waals surface area contributed by atoms with E-state index in [0.29, 0.717) is 12.0 Å². The van der Waals surface area contributed by atoms with Crippen LogP contribution in [0.25, 0.3) is 0 Å². The topological polar surface area (TPSA) is 12.0 Å². The average Bonchev–Trinajstić information content (AvgIpc) is 2.80. The SMILES string of the molecule is CCNC(Cc1cccc(F)c1F)c1cscc1C. The van der Waals surface area contributed by atoms with Gasteiger partial charge in [-0.2, -0.15) is 11.3 Å². The summed E-state index contributed by atoms with van der Waals surface area (Å²) in [6, 6.07) is 4.37. The third-order valence-corrected chi connectivity index (χ3v) is 4.06. The van der Waals surface area contributed by atoms with Crippen molar-refractivity contribution < 1.29 is 8.78 Å². The Morgan fingerprint density at radius 2 is 2.05 bits per heavy atom. The van der Waals surface area contributed by atoms with E-state index in [1.165, 1.54) is 5.56 Å². The van der Waals surface area contributed by atoms with E-state index >= 15 is 0 Å². The van der Waals surface area contributed by atoms with Crippen LogP contribution in [0.2, 0.25) is 0 Å². The molecule has 1 aromatic carbocycles. The van der Waals surface area contributed by atoms with E-state index < -0.39 is 11.6 Å². The average molecular weight is 281 g/mol. The van der Waals surface area contributed by atoms with Crippen molar-refractivity contribution in [2.24, 2.45) is 0 Å². The molecule has 1 heterocycles. The molecule has 0 bridgehead atoms. The second-order valence-electron chi connectivity index (χ2n) is 4.54. The first-order valence-electron chi connectivity index (χ1n) is 6.32. The molecule has 0 radical (unpaired) electrons. The Kier molecular flexibility index (Phi) is 4.66. The summed E-state index contributed by atoms with van der Waals surface area (Å²) >= 11 is 1.63. The molecular weight excluding hydrogens is 264 g/mol. The summed E-state index contributed by atoms with van der Waals surface area (Å²) in [5, 5.41) is 7.48. The Balaban J connectivity index is 2.27. The predicted molar refractivity (Wildman–Crippen MR) is 75.5 cm³/mol. The van der Waals surface area contributed by atoms with Crippen LogP contribution in [0.1, 0.15) is 29.7 Å². The van der Waals surface area contributed by atoms with Gasteiger partial charge in [-0.25, -0.2) is 8.78 Å². The minimum Gasteiger partial charge on any atom is -0.310 e. The lowest BCUT2D eigenvalue weighted by Crippen LogP contribution is -2.23. The summed E-state index contributed by atoms with van der Waals surface area (Å²) in [6.45, 7) is 4.84. The molecule has 0 amide bonds. The van der Waals surface area contributed by atoms with Gasteiger partial charge in [-0.3, -0.25) is 0 Å². The second-order valence-corrected chi connectivity index (χ2v) is 5.28. The summed E-state index contributed by atoms with van der Waals surface area (Å²) in [6.07, 6.45) is 0.453. The molecule has 0 aliphatic rings. The lowest BCUT2D eigenvalue weighted by molar-refractivity contribution is 0.481. The standard InChI is InChI=1S/C15H17F2NS/c1-3-18-14(12-9-19-8-10(12)2)7-11-5-4-6-13(16)15(11)17/h4-6,8-9,14,18H,3,7H2,1-2H3. The minimum absolute atomic E-state index is 0.0209. The first-order valence-corrected chi connectivity index (χ1v) is 7.26. The van der Waals surface area contributed by atoms with Gasteiger partial charge < -0.3 is 5.32 Å². The van der Waals surface area contributed by atoms with Gasteiger partial charge in [0.05, 0.1) is 0 Å². The van der Waals surface area contributed by atoms with E-state index in [-0.39, 0.29) is 6.04 Å². The Morgan fingerprint density at radius 3 is 2.68 bits per heavy atom. The highest BCUT2D eigenvalue weighted by atomic mass is 32.1. The van der Waals surface area contributed by atoms with E-state index in [4.69, 9.17) is 0 Å². The Bertz CT molecular complexity index is 551. The number of halogens is 2. The molecule has 0 saturated heterocycles. The van der Waals surface area contributed by atoms with Crippen LogP contribution in [-0.4, -0.2) is 6.54 Å². The van der Waals surface area contributed by atoms with Gasteiger partial charge in [0, 0.05) is 6.04 Å². The normalized spacial score (nSPS) is 12.6. The number of thiophene rings is 1. The molecule has 0 fully saturated rings. The van der Waals surface area contributed by atoms with Gasteiger partial charge in [-0.1, -0.05) is 19.1 Å². The van der Waals surface area contributed by atoms with Gasteiger partial charge in [0.15, 0.2) is 11.6 Å². The maximum atomic E-state index is 13.7. The van der Waals surface area contributed by atoms with Gasteiger partial charge in [0.2, 0.25) is 0 Å². The number of benzene rings is 1. The largest absolute Gasteiger partial charge is 0.310 e. The van der Waals surface area contributed by atoms with E-state index in [1.54, 1.807) is 23.5 Å². The molecule has 0 aliphatic heterocycles. The fraction of sp³-hybridized carbons (Fsp3) is 0.333. The van der Waals surface area contributed by atoms with Crippen LogP contribution >= 0.6 is 11.3 Å². The molecule has 4 heteroatoms. The van der Waals surface area contributed by atoms with Crippen molar-refractivity contribution in [3.63, 3.8) is 0 Å². The lowest BCUT2D eigenvalue weighted by Gasteiger charge is -2.18. The zero-order valence-electron chi connectivity index (χ0n) is 11.0. The zero-order chi connectivity index (χ0) is 13.8. The quantitative estimate of drug-likeness (QED) is 0.865. The van der Waals surface area contributed by atoms with E-state index in [9.17, 15) is 8.78 Å². The van der Waals surface area contributed by atoms with Crippen molar-refractivity contribution in [3.8, 4) is 0 Å². The first kappa shape index (κ1) is 14.2. The molecule has 0 saturated carbocycles. The first-order chi connectivity index (χ1) is 9.13. The molecule has 1 unspecified atom stereocenters. The molecule has 1 N–H and O–H groups in total. The predicted octanol–water partition coefficient (Wildman–Crippen LogP) is 4.23. The van der Waals surface area contributed by atoms with Crippen molar-refractivity contribution in [2.45, 2.75) is 26.3 Å². The molecule has 19 heavy (non-hydrogen) atoms. The maximum absolute atomic E-state index is 13.7. The number of rotatable bonds is 5. The number of aryl methyl sites for hydroxylation is 1. The third kappa shape index (κ3) is 3.19. The highest BCUT2D eigenvalue weighted by molar-refractivity contribution is 7.08. The number of nitrogens with one attached hydrogen (secondary N) is 1. The van der Waals surface area contributed by atoms with Gasteiger partial charge in [0.1, 0.15) is 0 Å². The van der Waals surface area contributed by atoms with Crippen molar-refractivity contribution >= 4 is 11.3 Å². The summed E-state index contributed by atoms with van der Waals surface area (Å²) in [4.78, 5) is 0. The summed E-state index contributed by atoms with van der Waals surface area (Å²) < 4.78 is 27.0. The van der Waals surface area contributed by atoms with Crippen LogP contribution in [0, 0.1) is 18.6 Å². The van der Waals surface area contributed by atoms with Gasteiger partial charge >= 0.3 is 0 Å². The smallest absolute Gasteiger partial charge is 0.162 e. The molecule has 0 spiro atoms. The van der Waals surface area contributed by atoms with Gasteiger partial charge in [-0.15, -0.1) is 0 Å². The van der Waals surface area contributed by atoms with Gasteiger partial charge in [-0.05, 0) is 53.4 Å². The molecule has 1 nitrogen and oxygen atoms in total. The van der Waals surface area contributed by atoms with Crippen LogP contribution in [-0.2, 0) is 6.42 Å². The van der Waals surface area contributed by atoms with Crippen LogP contribution in [0.15, 0.2) is 29.0 Å². The zero-order valence-corrected chi connectivity index (χ0v) is 11.9. The number of likely N-dealkylation sites (N-methyl/N-ethyl adjacent to an activating group) is 1. The number of hydrogen-bond donors (Lipinski definition) is 1. The molecular formula is C15H17F2NS. The highest BCUT2D eigenvalue weighted by Gasteiger charge is 2.17. The summed E-state index contributed by atoms with van der Waals surface area (Å²) in [7, 11) is 0. The Hall–Kier alpha value is -1.26. The van der Waals surface area contributed by atoms with Crippen LogP contribution in [0.5, 0.6) is 0 Å². The fourth-order valence-corrected chi connectivity index (χ4v) is 3.10. The summed E-state index contributed by atoms with van der Waals surface area (Å²) in [5.41, 5.74) is 2.76. The molecule has 1 aromatic heterocycles. The van der Waals surface area contributed by atoms with E-state index in [0.717, 1.165) is 18.2 Å². The van der Waals surface area contributed by atoms with Crippen molar-refractivity contribution in [1.29, 1.82) is 0 Å². The molecule has 0 aliphatic carbocycles. The molecule has 102 valence electrons. The van der Waals surface area contributed by atoms with Crippen LogP contribution in [0.4, 0.5) is 8.78 Å². The van der Waals surface area contributed by atoms with E-state index in [2.05, 4.69) is 16.1 Å². The fourth-order valence-electron chi connectivity index (χ4n) is 2.19. The Labute approximate surface area is 116 Å². The molecule has 2 aromatic rings. The highest BCUT2D eigenvalue weighted by Crippen LogP contribution is 2.26. The van der Waals surface area contributed by atoms with Crippen LogP contribution < -0.4 is 5.32 Å². The number of hydrogen-bond acceptors (Lipinski definition) is 2. The van der Waals surface area contributed by atoms with Crippen molar-refractivity contribution in [1.82, 2.24) is 5.32 Å². The monoisotopic (exact) mass is 281 g/mol. The van der Waals surface area contributed by atoms with Crippen LogP contribution in [0.3, 0.4) is 0 Å². The second kappa shape index (κ2) is 6.26. The molecule has 2 rings (SSSR count). The maximum Gasteiger partial charge on any atom is 0.162 e. The summed E-state index contributed by atoms with van der Waals surface area (Å²) in [5.74, 6) is -1.52. The van der Waals surface area contributed by atoms with Gasteiger partial charge in [0.25, 0.3) is 0 Å². The van der Waals surface area contributed by atoms with Crippen molar-refractivity contribution in [2.75, 3.05) is 6.54 Å².